The van der Waals surface area contributed by atoms with Gasteiger partial charge in [-0.05, 0) is 19.4 Å². The Labute approximate surface area is 64.7 Å². The summed E-state index contributed by atoms with van der Waals surface area (Å²) in [6.45, 7) is 10.5. The van der Waals surface area contributed by atoms with Crippen molar-refractivity contribution in [3.8, 4) is 0 Å². The van der Waals surface area contributed by atoms with Gasteiger partial charge in [0.15, 0.2) is 0 Å². The fourth-order valence-corrected chi connectivity index (χ4v) is 1.03. The van der Waals surface area contributed by atoms with Crippen molar-refractivity contribution >= 4 is 0 Å². The molecule has 0 aromatic heterocycles. The van der Waals surface area contributed by atoms with Crippen LogP contribution >= 0.6 is 0 Å². The molecule has 0 fully saturated rings. The van der Waals surface area contributed by atoms with Gasteiger partial charge >= 0.3 is 0 Å². The van der Waals surface area contributed by atoms with Crippen LogP contribution < -0.4 is 0 Å². The van der Waals surface area contributed by atoms with Gasteiger partial charge in [-0.15, -0.1) is 6.58 Å². The van der Waals surface area contributed by atoms with Crippen molar-refractivity contribution in [2.45, 2.75) is 20.3 Å². The van der Waals surface area contributed by atoms with Crippen LogP contribution in [-0.2, 0) is 0 Å². The molecule has 0 radical (unpaired) electrons. The molecule has 0 rings (SSSR count). The summed E-state index contributed by atoms with van der Waals surface area (Å²) in [5.41, 5.74) is 0. The normalized spacial score (nSPS) is 10.9. The van der Waals surface area contributed by atoms with Crippen molar-refractivity contribution in [3.63, 3.8) is 0 Å². The highest BCUT2D eigenvalue weighted by molar-refractivity contribution is 4.68. The van der Waals surface area contributed by atoms with Gasteiger partial charge < -0.3 is 4.90 Å². The Bertz CT molecular complexity index is 86.7. The number of nitrogens with zero attached hydrogens (tertiary/aromatic N) is 1. The second kappa shape index (κ2) is 5.48. The molecule has 1 heteroatoms. The van der Waals surface area contributed by atoms with Gasteiger partial charge in [-0.2, -0.15) is 0 Å². The molecule has 0 saturated carbocycles. The van der Waals surface area contributed by atoms with E-state index in [4.69, 9.17) is 0 Å². The SMILES string of the molecule is C=CCCN(C)CC(C)C. The van der Waals surface area contributed by atoms with E-state index in [1.165, 1.54) is 6.54 Å². The van der Waals surface area contributed by atoms with Crippen molar-refractivity contribution < 1.29 is 0 Å². The number of rotatable bonds is 5. The fourth-order valence-electron chi connectivity index (χ4n) is 1.03. The van der Waals surface area contributed by atoms with Crippen LogP contribution in [0.25, 0.3) is 0 Å². The van der Waals surface area contributed by atoms with Gasteiger partial charge in [0, 0.05) is 13.1 Å². The standard InChI is InChI=1S/C9H19N/c1-5-6-7-10(4)8-9(2)3/h5,9H,1,6-8H2,2-4H3. The van der Waals surface area contributed by atoms with Gasteiger partial charge in [0.25, 0.3) is 0 Å². The Hall–Kier alpha value is -0.300. The van der Waals surface area contributed by atoms with Crippen LogP contribution in [0.4, 0.5) is 0 Å². The maximum absolute atomic E-state index is 3.69. The average molecular weight is 141 g/mol. The molecule has 60 valence electrons. The highest BCUT2D eigenvalue weighted by atomic mass is 15.1. The molecule has 0 aliphatic carbocycles. The molecule has 0 aliphatic rings. The minimum atomic E-state index is 0.773. The van der Waals surface area contributed by atoms with E-state index < -0.39 is 0 Å². The van der Waals surface area contributed by atoms with Crippen LogP contribution in [-0.4, -0.2) is 25.0 Å². The van der Waals surface area contributed by atoms with Crippen molar-refractivity contribution in [1.29, 1.82) is 0 Å². The van der Waals surface area contributed by atoms with Crippen LogP contribution in [0.1, 0.15) is 20.3 Å². The summed E-state index contributed by atoms with van der Waals surface area (Å²) < 4.78 is 0. The lowest BCUT2D eigenvalue weighted by molar-refractivity contribution is 0.301. The van der Waals surface area contributed by atoms with Crippen LogP contribution in [0.3, 0.4) is 0 Å². The predicted molar refractivity (Wildman–Crippen MR) is 47.1 cm³/mol. The summed E-state index contributed by atoms with van der Waals surface area (Å²) in [7, 11) is 2.16. The van der Waals surface area contributed by atoms with Crippen LogP contribution in [0.5, 0.6) is 0 Å². The lowest BCUT2D eigenvalue weighted by Gasteiger charge is -2.17. The van der Waals surface area contributed by atoms with Crippen LogP contribution in [0.15, 0.2) is 12.7 Å². The monoisotopic (exact) mass is 141 g/mol. The summed E-state index contributed by atoms with van der Waals surface area (Å²) in [6.07, 6.45) is 3.07. The lowest BCUT2D eigenvalue weighted by Crippen LogP contribution is -2.23. The second-order valence-electron chi connectivity index (χ2n) is 3.23. The maximum Gasteiger partial charge on any atom is 0.00129 e. The minimum Gasteiger partial charge on any atom is -0.306 e. The van der Waals surface area contributed by atoms with E-state index in [0.29, 0.717) is 0 Å². The largest absolute Gasteiger partial charge is 0.306 e. The highest BCUT2D eigenvalue weighted by Crippen LogP contribution is 1.96. The molecule has 0 aromatic carbocycles. The first-order valence-corrected chi connectivity index (χ1v) is 3.96. The quantitative estimate of drug-likeness (QED) is 0.530. The van der Waals surface area contributed by atoms with Crippen LogP contribution in [0, 0.1) is 5.92 Å². The Morgan fingerprint density at radius 2 is 2.10 bits per heavy atom. The molecule has 0 aromatic rings. The van der Waals surface area contributed by atoms with Gasteiger partial charge in [0.1, 0.15) is 0 Å². The number of hydrogen-bond donors (Lipinski definition) is 0. The zero-order chi connectivity index (χ0) is 7.98. The molecule has 0 saturated heterocycles. The third-order valence-electron chi connectivity index (χ3n) is 1.39. The molecule has 1 nitrogen and oxygen atoms in total. The van der Waals surface area contributed by atoms with Gasteiger partial charge in [0.2, 0.25) is 0 Å². The average Bonchev–Trinajstić information content (AvgIpc) is 1.82. The topological polar surface area (TPSA) is 3.24 Å². The van der Waals surface area contributed by atoms with E-state index in [1.807, 2.05) is 6.08 Å². The summed E-state index contributed by atoms with van der Waals surface area (Å²) in [4.78, 5) is 2.34. The van der Waals surface area contributed by atoms with Crippen LogP contribution in [0.2, 0.25) is 0 Å². The van der Waals surface area contributed by atoms with Crippen molar-refractivity contribution in [2.24, 2.45) is 5.92 Å². The maximum atomic E-state index is 3.69. The summed E-state index contributed by atoms with van der Waals surface area (Å²) in [6, 6.07) is 0. The Morgan fingerprint density at radius 3 is 2.50 bits per heavy atom. The Morgan fingerprint density at radius 1 is 1.50 bits per heavy atom. The van der Waals surface area contributed by atoms with E-state index in [9.17, 15) is 0 Å². The van der Waals surface area contributed by atoms with E-state index in [0.717, 1.165) is 18.9 Å². The van der Waals surface area contributed by atoms with Crippen molar-refractivity contribution in [1.82, 2.24) is 4.90 Å². The van der Waals surface area contributed by atoms with Gasteiger partial charge in [0.05, 0.1) is 0 Å². The fraction of sp³-hybridized carbons (Fsp3) is 0.778. The Balaban J connectivity index is 3.24. The molecule has 0 aliphatic heterocycles. The molecule has 0 N–H and O–H groups in total. The van der Waals surface area contributed by atoms with E-state index >= 15 is 0 Å². The highest BCUT2D eigenvalue weighted by Gasteiger charge is 1.98. The molecule has 0 heterocycles. The summed E-state index contributed by atoms with van der Waals surface area (Å²) >= 11 is 0. The van der Waals surface area contributed by atoms with Crippen molar-refractivity contribution in [3.05, 3.63) is 12.7 Å². The van der Waals surface area contributed by atoms with E-state index in [1.54, 1.807) is 0 Å². The van der Waals surface area contributed by atoms with Crippen molar-refractivity contribution in [2.75, 3.05) is 20.1 Å². The molecule has 10 heavy (non-hydrogen) atoms. The first-order valence-electron chi connectivity index (χ1n) is 3.96. The summed E-state index contributed by atoms with van der Waals surface area (Å²) in [5, 5.41) is 0. The molecule has 0 unspecified atom stereocenters. The second-order valence-corrected chi connectivity index (χ2v) is 3.23. The van der Waals surface area contributed by atoms with Gasteiger partial charge in [-0.1, -0.05) is 19.9 Å². The molecular weight excluding hydrogens is 122 g/mol. The third kappa shape index (κ3) is 5.83. The molecule has 0 spiro atoms. The first kappa shape index (κ1) is 9.70. The molecule has 0 atom stereocenters. The minimum absolute atomic E-state index is 0.773. The van der Waals surface area contributed by atoms with E-state index in [-0.39, 0.29) is 0 Å². The van der Waals surface area contributed by atoms with Gasteiger partial charge in [-0.3, -0.25) is 0 Å². The summed E-state index contributed by atoms with van der Waals surface area (Å²) in [5.74, 6) is 0.773. The molecule has 0 bridgehead atoms. The number of hydrogen-bond acceptors (Lipinski definition) is 1. The Kier molecular flexibility index (Phi) is 5.32. The van der Waals surface area contributed by atoms with E-state index in [2.05, 4.69) is 32.4 Å². The predicted octanol–water partition coefficient (Wildman–Crippen LogP) is 2.15. The first-order chi connectivity index (χ1) is 4.66. The lowest BCUT2D eigenvalue weighted by atomic mass is 10.2. The molecular formula is C9H19N. The molecule has 0 amide bonds. The third-order valence-corrected chi connectivity index (χ3v) is 1.39. The zero-order valence-electron chi connectivity index (χ0n) is 7.43. The van der Waals surface area contributed by atoms with Gasteiger partial charge in [-0.25, -0.2) is 0 Å². The smallest absolute Gasteiger partial charge is 0.00129 e. The zero-order valence-corrected chi connectivity index (χ0v) is 7.43.